The Bertz CT molecular complexity index is 488. The maximum absolute atomic E-state index is 11.9. The summed E-state index contributed by atoms with van der Waals surface area (Å²) in [6, 6.07) is 5.55. The van der Waals surface area contributed by atoms with E-state index in [-0.39, 0.29) is 25.3 Å². The van der Waals surface area contributed by atoms with Crippen LogP contribution in [0.2, 0.25) is 0 Å². The molecule has 0 aliphatic heterocycles. The van der Waals surface area contributed by atoms with Gasteiger partial charge in [0.1, 0.15) is 0 Å². The number of hydrogen-bond acceptors (Lipinski definition) is 4. The van der Waals surface area contributed by atoms with Crippen molar-refractivity contribution in [2.75, 3.05) is 36.5 Å². The molecule has 0 fully saturated rings. The van der Waals surface area contributed by atoms with Crippen molar-refractivity contribution in [3.05, 3.63) is 23.8 Å². The molecule has 1 unspecified atom stereocenters. The minimum Gasteiger partial charge on any atom is -0.395 e. The van der Waals surface area contributed by atoms with E-state index in [1.807, 2.05) is 36.9 Å². The van der Waals surface area contributed by atoms with E-state index in [2.05, 4.69) is 17.6 Å². The zero-order valence-corrected chi connectivity index (χ0v) is 14.3. The molecular weight excluding hydrogens is 294 g/mol. The van der Waals surface area contributed by atoms with E-state index in [1.165, 1.54) is 0 Å². The molecule has 0 heterocycles. The normalized spacial score (nSPS) is 11.9. The van der Waals surface area contributed by atoms with Gasteiger partial charge in [-0.05, 0) is 44.0 Å². The van der Waals surface area contributed by atoms with E-state index in [0.717, 1.165) is 29.8 Å². The van der Waals surface area contributed by atoms with E-state index in [9.17, 15) is 4.79 Å². The topological polar surface area (TPSA) is 84.8 Å². The summed E-state index contributed by atoms with van der Waals surface area (Å²) >= 11 is 0. The largest absolute Gasteiger partial charge is 0.395 e. The van der Waals surface area contributed by atoms with Gasteiger partial charge in [0.2, 0.25) is 0 Å². The Morgan fingerprint density at radius 1 is 1.26 bits per heavy atom. The van der Waals surface area contributed by atoms with Crippen molar-refractivity contribution in [2.24, 2.45) is 0 Å². The molecule has 1 aromatic rings. The first-order valence-corrected chi connectivity index (χ1v) is 8.16. The summed E-state index contributed by atoms with van der Waals surface area (Å²) in [6.07, 6.45) is 1.98. The van der Waals surface area contributed by atoms with Crippen molar-refractivity contribution in [2.45, 2.75) is 39.7 Å². The summed E-state index contributed by atoms with van der Waals surface area (Å²) in [6.45, 7) is 6.99. The molecule has 0 spiro atoms. The first-order chi connectivity index (χ1) is 11.0. The maximum atomic E-state index is 11.9. The number of carbonyl (C=O) groups is 1. The van der Waals surface area contributed by atoms with Crippen molar-refractivity contribution in [3.8, 4) is 0 Å². The fourth-order valence-electron chi connectivity index (χ4n) is 2.58. The van der Waals surface area contributed by atoms with Crippen LogP contribution in [0.5, 0.6) is 0 Å². The Balaban J connectivity index is 2.73. The van der Waals surface area contributed by atoms with Gasteiger partial charge >= 0.3 is 6.03 Å². The predicted octanol–water partition coefficient (Wildman–Crippen LogP) is 2.10. The number of urea groups is 1. The molecule has 2 amide bonds. The molecule has 23 heavy (non-hydrogen) atoms. The molecule has 6 heteroatoms. The molecule has 0 aliphatic rings. The van der Waals surface area contributed by atoms with Gasteiger partial charge in [0, 0.05) is 30.5 Å². The summed E-state index contributed by atoms with van der Waals surface area (Å²) in [5.74, 6) is 0. The SMILES string of the molecule is CCCC(C)NC(=O)Nc1ccc(N(CCO)CCO)c(C)c1. The summed E-state index contributed by atoms with van der Waals surface area (Å²) in [4.78, 5) is 13.9. The van der Waals surface area contributed by atoms with Crippen LogP contribution in [0.15, 0.2) is 18.2 Å². The third-order valence-corrected chi connectivity index (χ3v) is 3.63. The fraction of sp³-hybridized carbons (Fsp3) is 0.588. The number of rotatable bonds is 9. The molecule has 130 valence electrons. The lowest BCUT2D eigenvalue weighted by molar-refractivity contribution is 0.248. The summed E-state index contributed by atoms with van der Waals surface area (Å²) in [5.41, 5.74) is 2.64. The van der Waals surface area contributed by atoms with E-state index < -0.39 is 0 Å². The molecule has 0 radical (unpaired) electrons. The zero-order chi connectivity index (χ0) is 17.2. The zero-order valence-electron chi connectivity index (χ0n) is 14.3. The van der Waals surface area contributed by atoms with Gasteiger partial charge in [-0.25, -0.2) is 4.79 Å². The summed E-state index contributed by atoms with van der Waals surface area (Å²) in [7, 11) is 0. The van der Waals surface area contributed by atoms with E-state index in [4.69, 9.17) is 10.2 Å². The number of aryl methyl sites for hydroxylation is 1. The van der Waals surface area contributed by atoms with Gasteiger partial charge in [-0.15, -0.1) is 0 Å². The number of aliphatic hydroxyl groups excluding tert-OH is 2. The van der Waals surface area contributed by atoms with Crippen molar-refractivity contribution < 1.29 is 15.0 Å². The third kappa shape index (κ3) is 6.46. The average Bonchev–Trinajstić information content (AvgIpc) is 2.47. The van der Waals surface area contributed by atoms with Crippen molar-refractivity contribution in [3.63, 3.8) is 0 Å². The number of carbonyl (C=O) groups excluding carboxylic acids is 1. The van der Waals surface area contributed by atoms with Crippen LogP contribution in [-0.2, 0) is 0 Å². The Hall–Kier alpha value is -1.79. The Kier molecular flexibility index (Phi) is 8.43. The minimum absolute atomic E-state index is 0.0250. The lowest BCUT2D eigenvalue weighted by Gasteiger charge is -2.25. The fourth-order valence-corrected chi connectivity index (χ4v) is 2.58. The lowest BCUT2D eigenvalue weighted by atomic mass is 10.1. The second-order valence-electron chi connectivity index (χ2n) is 5.72. The first-order valence-electron chi connectivity index (χ1n) is 8.16. The van der Waals surface area contributed by atoms with Gasteiger partial charge in [0.15, 0.2) is 0 Å². The van der Waals surface area contributed by atoms with Crippen LogP contribution in [0.4, 0.5) is 16.2 Å². The molecule has 6 nitrogen and oxygen atoms in total. The highest BCUT2D eigenvalue weighted by Gasteiger charge is 2.11. The Morgan fingerprint density at radius 2 is 1.91 bits per heavy atom. The maximum Gasteiger partial charge on any atom is 0.319 e. The van der Waals surface area contributed by atoms with Gasteiger partial charge in [-0.3, -0.25) is 0 Å². The van der Waals surface area contributed by atoms with Crippen LogP contribution in [-0.4, -0.2) is 48.6 Å². The number of nitrogens with zero attached hydrogens (tertiary/aromatic N) is 1. The quantitative estimate of drug-likeness (QED) is 0.561. The second-order valence-corrected chi connectivity index (χ2v) is 5.72. The van der Waals surface area contributed by atoms with Gasteiger partial charge in [-0.1, -0.05) is 13.3 Å². The number of anilines is 2. The van der Waals surface area contributed by atoms with Gasteiger partial charge < -0.3 is 25.7 Å². The molecule has 1 aromatic carbocycles. The minimum atomic E-state index is -0.208. The van der Waals surface area contributed by atoms with E-state index >= 15 is 0 Å². The Morgan fingerprint density at radius 3 is 2.43 bits per heavy atom. The molecule has 4 N–H and O–H groups in total. The highest BCUT2D eigenvalue weighted by molar-refractivity contribution is 5.89. The van der Waals surface area contributed by atoms with Gasteiger partial charge in [-0.2, -0.15) is 0 Å². The highest BCUT2D eigenvalue weighted by atomic mass is 16.3. The van der Waals surface area contributed by atoms with Crippen molar-refractivity contribution in [1.29, 1.82) is 0 Å². The van der Waals surface area contributed by atoms with Gasteiger partial charge in [0.25, 0.3) is 0 Å². The number of aliphatic hydroxyl groups is 2. The average molecular weight is 323 g/mol. The van der Waals surface area contributed by atoms with Crippen LogP contribution in [0.3, 0.4) is 0 Å². The standard InChI is InChI=1S/C17H29N3O3/c1-4-5-14(3)18-17(23)19-15-6-7-16(13(2)12-15)20(8-10-21)9-11-22/h6-7,12,14,21-22H,4-5,8-11H2,1-3H3,(H2,18,19,23). The number of hydrogen-bond donors (Lipinski definition) is 4. The Labute approximate surface area is 138 Å². The molecular formula is C17H29N3O3. The molecule has 0 bridgehead atoms. The monoisotopic (exact) mass is 323 g/mol. The van der Waals surface area contributed by atoms with Crippen molar-refractivity contribution >= 4 is 17.4 Å². The number of benzene rings is 1. The second kappa shape index (κ2) is 10.1. The van der Waals surface area contributed by atoms with Crippen LogP contribution in [0.1, 0.15) is 32.3 Å². The van der Waals surface area contributed by atoms with E-state index in [0.29, 0.717) is 13.1 Å². The van der Waals surface area contributed by atoms with Crippen molar-refractivity contribution in [1.82, 2.24) is 5.32 Å². The van der Waals surface area contributed by atoms with Crippen LogP contribution in [0, 0.1) is 6.92 Å². The molecule has 0 aromatic heterocycles. The molecule has 0 saturated carbocycles. The smallest absolute Gasteiger partial charge is 0.319 e. The lowest BCUT2D eigenvalue weighted by Crippen LogP contribution is -2.36. The van der Waals surface area contributed by atoms with Crippen LogP contribution >= 0.6 is 0 Å². The molecule has 1 rings (SSSR count). The predicted molar refractivity (Wildman–Crippen MR) is 94.1 cm³/mol. The first kappa shape index (κ1) is 19.3. The van der Waals surface area contributed by atoms with Crippen LogP contribution in [0.25, 0.3) is 0 Å². The molecule has 0 saturated heterocycles. The number of amides is 2. The molecule has 1 atom stereocenters. The number of nitrogens with one attached hydrogen (secondary N) is 2. The van der Waals surface area contributed by atoms with Crippen LogP contribution < -0.4 is 15.5 Å². The summed E-state index contributed by atoms with van der Waals surface area (Å²) < 4.78 is 0. The van der Waals surface area contributed by atoms with Gasteiger partial charge in [0.05, 0.1) is 13.2 Å². The summed E-state index contributed by atoms with van der Waals surface area (Å²) in [5, 5.41) is 24.0. The highest BCUT2D eigenvalue weighted by Crippen LogP contribution is 2.23. The molecule has 0 aliphatic carbocycles. The third-order valence-electron chi connectivity index (χ3n) is 3.63. The van der Waals surface area contributed by atoms with E-state index in [1.54, 1.807) is 0 Å².